The van der Waals surface area contributed by atoms with E-state index in [0.29, 0.717) is 6.54 Å². The number of hydrogen-bond acceptors (Lipinski definition) is 2. The molecule has 4 heteroatoms. The zero-order chi connectivity index (χ0) is 19.8. The van der Waals surface area contributed by atoms with E-state index in [-0.39, 0.29) is 16.9 Å². The monoisotopic (exact) mass is 365 g/mol. The smallest absolute Gasteiger partial charge is 0.246 e. The van der Waals surface area contributed by atoms with E-state index in [4.69, 9.17) is 0 Å². The first-order chi connectivity index (χ1) is 12.6. The van der Waals surface area contributed by atoms with Crippen LogP contribution in [0.15, 0.2) is 36.5 Å². The molecule has 0 aliphatic carbocycles. The van der Waals surface area contributed by atoms with Gasteiger partial charge in [-0.3, -0.25) is 9.48 Å². The molecule has 0 saturated carbocycles. The SMILES string of the molecule is CC(C)(C)c1ccc(/C=C/C(=O)N2CCc3c(cnn3C(C)(C)C)C2)cc1. The topological polar surface area (TPSA) is 38.1 Å². The van der Waals surface area contributed by atoms with Crippen LogP contribution in [0, 0.1) is 0 Å². The summed E-state index contributed by atoms with van der Waals surface area (Å²) in [7, 11) is 0. The van der Waals surface area contributed by atoms with Crippen LogP contribution in [0.4, 0.5) is 0 Å². The van der Waals surface area contributed by atoms with Gasteiger partial charge in [0.1, 0.15) is 0 Å². The molecule has 3 rings (SSSR count). The second-order valence-corrected chi connectivity index (χ2v) is 9.41. The van der Waals surface area contributed by atoms with Crippen LogP contribution in [-0.2, 0) is 28.7 Å². The highest BCUT2D eigenvalue weighted by Gasteiger charge is 2.26. The molecule has 27 heavy (non-hydrogen) atoms. The molecule has 1 aliphatic rings. The molecule has 0 bridgehead atoms. The third kappa shape index (κ3) is 4.32. The van der Waals surface area contributed by atoms with E-state index in [2.05, 4.69) is 75.6 Å². The summed E-state index contributed by atoms with van der Waals surface area (Å²) in [5.74, 6) is 0.0593. The summed E-state index contributed by atoms with van der Waals surface area (Å²) >= 11 is 0. The summed E-state index contributed by atoms with van der Waals surface area (Å²) in [6.45, 7) is 14.5. The maximum atomic E-state index is 12.6. The van der Waals surface area contributed by atoms with Crippen LogP contribution in [0.5, 0.6) is 0 Å². The molecule has 1 aliphatic heterocycles. The minimum absolute atomic E-state index is 0.0289. The Hall–Kier alpha value is -2.36. The Balaban J connectivity index is 1.67. The maximum Gasteiger partial charge on any atom is 0.246 e. The summed E-state index contributed by atoms with van der Waals surface area (Å²) in [6, 6.07) is 8.43. The lowest BCUT2D eigenvalue weighted by molar-refractivity contribution is -0.126. The molecule has 2 aromatic rings. The van der Waals surface area contributed by atoms with Crippen molar-refractivity contribution in [3.63, 3.8) is 0 Å². The minimum atomic E-state index is -0.0289. The Morgan fingerprint density at radius 2 is 1.74 bits per heavy atom. The Bertz CT molecular complexity index is 845. The van der Waals surface area contributed by atoms with Gasteiger partial charge in [0.05, 0.1) is 11.7 Å². The quantitative estimate of drug-likeness (QED) is 0.733. The zero-order valence-electron chi connectivity index (χ0n) is 17.4. The number of aromatic nitrogens is 2. The van der Waals surface area contributed by atoms with Crippen molar-refractivity contribution in [1.82, 2.24) is 14.7 Å². The van der Waals surface area contributed by atoms with Crippen molar-refractivity contribution < 1.29 is 4.79 Å². The van der Waals surface area contributed by atoms with E-state index in [0.717, 1.165) is 24.1 Å². The first kappa shape index (κ1) is 19.4. The lowest BCUT2D eigenvalue weighted by Gasteiger charge is -2.29. The molecular weight excluding hydrogens is 334 g/mol. The number of carbonyl (C=O) groups is 1. The number of benzene rings is 1. The van der Waals surface area contributed by atoms with Gasteiger partial charge in [-0.1, -0.05) is 45.0 Å². The molecule has 0 saturated heterocycles. The average molecular weight is 366 g/mol. The predicted octanol–water partition coefficient (Wildman–Crippen LogP) is 4.53. The second kappa shape index (κ2) is 6.99. The third-order valence-corrected chi connectivity index (χ3v) is 5.08. The molecule has 1 aromatic heterocycles. The standard InChI is InChI=1S/C23H31N3O/c1-22(2,3)19-10-7-17(8-11-19)9-12-21(27)25-14-13-20-18(16-25)15-24-26(20)23(4,5)6/h7-12,15H,13-14,16H2,1-6H3/b12-9+. The van der Waals surface area contributed by atoms with E-state index in [1.807, 2.05) is 17.2 Å². The summed E-state index contributed by atoms with van der Waals surface area (Å²) < 4.78 is 2.09. The first-order valence-electron chi connectivity index (χ1n) is 9.69. The highest BCUT2D eigenvalue weighted by molar-refractivity contribution is 5.91. The molecular formula is C23H31N3O. The molecule has 1 amide bonds. The van der Waals surface area contributed by atoms with Gasteiger partial charge >= 0.3 is 0 Å². The minimum Gasteiger partial charge on any atom is -0.334 e. The van der Waals surface area contributed by atoms with Crippen LogP contribution in [0.3, 0.4) is 0 Å². The number of carbonyl (C=O) groups excluding carboxylic acids is 1. The number of nitrogens with zero attached hydrogens (tertiary/aromatic N) is 3. The first-order valence-corrected chi connectivity index (χ1v) is 9.69. The number of hydrogen-bond donors (Lipinski definition) is 0. The molecule has 0 unspecified atom stereocenters. The lowest BCUT2D eigenvalue weighted by atomic mass is 9.87. The van der Waals surface area contributed by atoms with Crippen molar-refractivity contribution in [2.75, 3.05) is 6.54 Å². The largest absolute Gasteiger partial charge is 0.334 e. The van der Waals surface area contributed by atoms with Gasteiger partial charge in [-0.25, -0.2) is 0 Å². The predicted molar refractivity (Wildman–Crippen MR) is 111 cm³/mol. The molecule has 0 spiro atoms. The maximum absolute atomic E-state index is 12.6. The van der Waals surface area contributed by atoms with Crippen molar-refractivity contribution in [2.45, 2.75) is 65.5 Å². The van der Waals surface area contributed by atoms with Gasteiger partial charge in [0.2, 0.25) is 5.91 Å². The lowest BCUT2D eigenvalue weighted by Crippen LogP contribution is -2.36. The van der Waals surface area contributed by atoms with Crippen LogP contribution >= 0.6 is 0 Å². The second-order valence-electron chi connectivity index (χ2n) is 9.41. The Labute approximate surface area is 162 Å². The van der Waals surface area contributed by atoms with Crippen molar-refractivity contribution in [3.8, 4) is 0 Å². The van der Waals surface area contributed by atoms with Crippen molar-refractivity contribution in [3.05, 3.63) is 58.9 Å². The Morgan fingerprint density at radius 1 is 1.07 bits per heavy atom. The fourth-order valence-electron chi connectivity index (χ4n) is 3.47. The molecule has 0 atom stereocenters. The summed E-state index contributed by atoms with van der Waals surface area (Å²) in [4.78, 5) is 14.5. The van der Waals surface area contributed by atoms with E-state index in [9.17, 15) is 4.79 Å². The molecule has 0 fully saturated rings. The van der Waals surface area contributed by atoms with Gasteiger partial charge in [0.25, 0.3) is 0 Å². The van der Waals surface area contributed by atoms with Crippen molar-refractivity contribution >= 4 is 12.0 Å². The Kier molecular flexibility index (Phi) is 5.02. The number of fused-ring (bicyclic) bond motifs is 1. The van der Waals surface area contributed by atoms with Gasteiger partial charge < -0.3 is 4.90 Å². The van der Waals surface area contributed by atoms with E-state index < -0.39 is 0 Å². The van der Waals surface area contributed by atoms with Crippen LogP contribution < -0.4 is 0 Å². The van der Waals surface area contributed by atoms with Crippen LogP contribution in [0.1, 0.15) is 63.9 Å². The molecule has 1 aromatic carbocycles. The highest BCUT2D eigenvalue weighted by Crippen LogP contribution is 2.25. The fraction of sp³-hybridized carbons (Fsp3) is 0.478. The van der Waals surface area contributed by atoms with E-state index in [1.165, 1.54) is 11.3 Å². The average Bonchev–Trinajstić information content (AvgIpc) is 3.02. The highest BCUT2D eigenvalue weighted by atomic mass is 16.2. The van der Waals surface area contributed by atoms with Gasteiger partial charge in [0, 0.05) is 36.8 Å². The molecule has 2 heterocycles. The van der Waals surface area contributed by atoms with Gasteiger partial charge in [-0.15, -0.1) is 0 Å². The molecule has 4 nitrogen and oxygen atoms in total. The van der Waals surface area contributed by atoms with Crippen LogP contribution in [0.25, 0.3) is 6.08 Å². The van der Waals surface area contributed by atoms with E-state index >= 15 is 0 Å². The van der Waals surface area contributed by atoms with Crippen molar-refractivity contribution in [1.29, 1.82) is 0 Å². The fourth-order valence-corrected chi connectivity index (χ4v) is 3.47. The zero-order valence-corrected chi connectivity index (χ0v) is 17.4. The molecule has 0 radical (unpaired) electrons. The number of rotatable bonds is 2. The summed E-state index contributed by atoms with van der Waals surface area (Å²) in [5, 5.41) is 4.55. The van der Waals surface area contributed by atoms with Gasteiger partial charge in [0.15, 0.2) is 0 Å². The third-order valence-electron chi connectivity index (χ3n) is 5.08. The summed E-state index contributed by atoms with van der Waals surface area (Å²) in [5.41, 5.74) is 4.88. The number of amides is 1. The van der Waals surface area contributed by atoms with Gasteiger partial charge in [-0.2, -0.15) is 5.10 Å². The normalized spacial score (nSPS) is 15.3. The summed E-state index contributed by atoms with van der Waals surface area (Å²) in [6.07, 6.45) is 6.36. The van der Waals surface area contributed by atoms with Gasteiger partial charge in [-0.05, 0) is 43.4 Å². The Morgan fingerprint density at radius 3 is 2.33 bits per heavy atom. The molecule has 144 valence electrons. The van der Waals surface area contributed by atoms with Crippen LogP contribution in [0.2, 0.25) is 0 Å². The molecule has 0 N–H and O–H groups in total. The van der Waals surface area contributed by atoms with E-state index in [1.54, 1.807) is 6.08 Å². The van der Waals surface area contributed by atoms with Crippen molar-refractivity contribution in [2.24, 2.45) is 0 Å². The van der Waals surface area contributed by atoms with Crippen LogP contribution in [-0.4, -0.2) is 27.1 Å².